The van der Waals surface area contributed by atoms with Gasteiger partial charge < -0.3 is 15.0 Å². The first-order valence-corrected chi connectivity index (χ1v) is 16.6. The number of hydrogen-bond donors (Lipinski definition) is 1. The second-order valence-electron chi connectivity index (χ2n) is 11.4. The summed E-state index contributed by atoms with van der Waals surface area (Å²) in [6.07, 6.45) is 1.73. The van der Waals surface area contributed by atoms with Crippen molar-refractivity contribution in [2.45, 2.75) is 65.1 Å². The number of halogens is 1. The Bertz CT molecular complexity index is 1460. The quantitative estimate of drug-likeness (QED) is 0.242. The normalized spacial score (nSPS) is 12.3. The lowest BCUT2D eigenvalue weighted by atomic mass is 10.00. The van der Waals surface area contributed by atoms with Crippen molar-refractivity contribution >= 4 is 39.1 Å². The van der Waals surface area contributed by atoms with Crippen LogP contribution in [0.15, 0.2) is 78.9 Å². The number of ether oxygens (including phenoxy) is 1. The van der Waals surface area contributed by atoms with Crippen LogP contribution in [-0.4, -0.2) is 56.1 Å². The molecular formula is C33H42ClN3O5S. The Hall–Kier alpha value is -3.56. The Morgan fingerprint density at radius 2 is 1.56 bits per heavy atom. The molecule has 0 aliphatic heterocycles. The minimum Gasteiger partial charge on any atom is -0.492 e. The first-order chi connectivity index (χ1) is 20.3. The Morgan fingerprint density at radius 3 is 2.16 bits per heavy atom. The first-order valence-electron chi connectivity index (χ1n) is 14.4. The molecule has 0 heterocycles. The molecular weight excluding hydrogens is 586 g/mol. The summed E-state index contributed by atoms with van der Waals surface area (Å²) in [6, 6.07) is 22.9. The third-order valence-corrected chi connectivity index (χ3v) is 8.05. The molecule has 2 amide bonds. The van der Waals surface area contributed by atoms with Gasteiger partial charge in [-0.25, -0.2) is 8.42 Å². The third-order valence-electron chi connectivity index (χ3n) is 6.62. The summed E-state index contributed by atoms with van der Waals surface area (Å²) in [5.41, 5.74) is 1.65. The van der Waals surface area contributed by atoms with E-state index in [1.165, 1.54) is 4.31 Å². The summed E-state index contributed by atoms with van der Waals surface area (Å²) in [5.74, 6) is -0.0681. The summed E-state index contributed by atoms with van der Waals surface area (Å²) in [6.45, 7) is 8.17. The number of sulfonamides is 1. The van der Waals surface area contributed by atoms with Gasteiger partial charge in [-0.3, -0.25) is 13.9 Å². The van der Waals surface area contributed by atoms with Crippen LogP contribution in [0, 0.1) is 0 Å². The predicted octanol–water partition coefficient (Wildman–Crippen LogP) is 5.84. The highest BCUT2D eigenvalue weighted by Crippen LogP contribution is 2.30. The van der Waals surface area contributed by atoms with E-state index in [1.807, 2.05) is 70.2 Å². The molecule has 3 aromatic carbocycles. The molecule has 0 aromatic heterocycles. The molecule has 10 heteroatoms. The number of rotatable bonds is 14. The number of benzene rings is 3. The molecule has 0 saturated heterocycles. The van der Waals surface area contributed by atoms with Crippen molar-refractivity contribution in [1.29, 1.82) is 0 Å². The van der Waals surface area contributed by atoms with Gasteiger partial charge in [0.05, 0.1) is 18.6 Å². The van der Waals surface area contributed by atoms with Gasteiger partial charge in [0.1, 0.15) is 11.8 Å². The van der Waals surface area contributed by atoms with Crippen LogP contribution in [0.1, 0.15) is 51.7 Å². The predicted molar refractivity (Wildman–Crippen MR) is 173 cm³/mol. The van der Waals surface area contributed by atoms with E-state index >= 15 is 0 Å². The first kappa shape index (κ1) is 33.9. The van der Waals surface area contributed by atoms with Crippen molar-refractivity contribution in [3.63, 3.8) is 0 Å². The Kier molecular flexibility index (Phi) is 12.0. The maximum Gasteiger partial charge on any atom is 0.243 e. The van der Waals surface area contributed by atoms with Gasteiger partial charge in [0.25, 0.3) is 0 Å². The molecule has 1 atom stereocenters. The summed E-state index contributed by atoms with van der Waals surface area (Å²) >= 11 is 6.11. The van der Waals surface area contributed by atoms with Crippen LogP contribution in [0.3, 0.4) is 0 Å². The Labute approximate surface area is 261 Å². The second kappa shape index (κ2) is 15.3. The van der Waals surface area contributed by atoms with Gasteiger partial charge in [0, 0.05) is 36.5 Å². The number of carbonyl (C=O) groups is 2. The molecule has 3 rings (SSSR count). The molecule has 0 spiro atoms. The molecule has 0 fully saturated rings. The standard InChI is InChI=1S/C33H42ClN3O5S/c1-6-42-30-16-11-10-15-28(30)37(43(5,40)41)22-12-17-31(38)36(24-26-18-20-27(34)21-19-26)29(32(39)35-33(2,3)4)23-25-13-8-7-9-14-25/h7-11,13-16,18-21,29H,6,12,17,22-24H2,1-5H3,(H,35,39). The van der Waals surface area contributed by atoms with Crippen molar-refractivity contribution in [2.24, 2.45) is 0 Å². The molecule has 3 aromatic rings. The molecule has 1 unspecified atom stereocenters. The van der Waals surface area contributed by atoms with Gasteiger partial charge in [0.2, 0.25) is 21.8 Å². The Balaban J connectivity index is 1.91. The SMILES string of the molecule is CCOc1ccccc1N(CCCC(=O)N(Cc1ccc(Cl)cc1)C(Cc1ccccc1)C(=O)NC(C)(C)C)S(C)(=O)=O. The van der Waals surface area contributed by atoms with Crippen molar-refractivity contribution in [3.8, 4) is 5.75 Å². The van der Waals surface area contributed by atoms with Crippen LogP contribution in [-0.2, 0) is 32.6 Å². The topological polar surface area (TPSA) is 96.0 Å². The van der Waals surface area contributed by atoms with Crippen LogP contribution in [0.25, 0.3) is 0 Å². The maximum absolute atomic E-state index is 14.0. The molecule has 0 radical (unpaired) electrons. The largest absolute Gasteiger partial charge is 0.492 e. The zero-order valence-corrected chi connectivity index (χ0v) is 27.1. The van der Waals surface area contributed by atoms with Gasteiger partial charge in [-0.05, 0) is 69.5 Å². The summed E-state index contributed by atoms with van der Waals surface area (Å²) in [4.78, 5) is 29.3. The average Bonchev–Trinajstić information content (AvgIpc) is 2.93. The van der Waals surface area contributed by atoms with Gasteiger partial charge in [0.15, 0.2) is 0 Å². The number of anilines is 1. The number of nitrogens with one attached hydrogen (secondary N) is 1. The molecule has 1 N–H and O–H groups in total. The monoisotopic (exact) mass is 627 g/mol. The number of nitrogens with zero attached hydrogens (tertiary/aromatic N) is 2. The summed E-state index contributed by atoms with van der Waals surface area (Å²) in [7, 11) is -3.67. The fourth-order valence-corrected chi connectivity index (χ4v) is 5.81. The molecule has 232 valence electrons. The van der Waals surface area contributed by atoms with Crippen LogP contribution >= 0.6 is 11.6 Å². The minimum atomic E-state index is -3.67. The van der Waals surface area contributed by atoms with Gasteiger partial charge in [-0.15, -0.1) is 0 Å². The second-order valence-corrected chi connectivity index (χ2v) is 13.8. The molecule has 0 bridgehead atoms. The van der Waals surface area contributed by atoms with Crippen LogP contribution in [0.5, 0.6) is 5.75 Å². The minimum absolute atomic E-state index is 0.0322. The molecule has 0 aliphatic rings. The number of carbonyl (C=O) groups excluding carboxylic acids is 2. The van der Waals surface area contributed by atoms with Crippen LogP contribution in [0.2, 0.25) is 5.02 Å². The number of para-hydroxylation sites is 2. The molecule has 43 heavy (non-hydrogen) atoms. The van der Waals surface area contributed by atoms with E-state index in [2.05, 4.69) is 5.32 Å². The summed E-state index contributed by atoms with van der Waals surface area (Å²) < 4.78 is 32.6. The van der Waals surface area contributed by atoms with Gasteiger partial charge in [-0.2, -0.15) is 0 Å². The number of amides is 2. The van der Waals surface area contributed by atoms with Gasteiger partial charge >= 0.3 is 0 Å². The van der Waals surface area contributed by atoms with E-state index in [1.54, 1.807) is 41.3 Å². The maximum atomic E-state index is 14.0. The van der Waals surface area contributed by atoms with Gasteiger partial charge in [-0.1, -0.05) is 66.2 Å². The fraction of sp³-hybridized carbons (Fsp3) is 0.394. The van der Waals surface area contributed by atoms with E-state index in [4.69, 9.17) is 16.3 Å². The lowest BCUT2D eigenvalue weighted by Crippen LogP contribution is -2.54. The third kappa shape index (κ3) is 10.6. The van der Waals surface area contributed by atoms with Crippen LogP contribution in [0.4, 0.5) is 5.69 Å². The highest BCUT2D eigenvalue weighted by atomic mass is 35.5. The van der Waals surface area contributed by atoms with Crippen molar-refractivity contribution < 1.29 is 22.7 Å². The fourth-order valence-electron chi connectivity index (χ4n) is 4.72. The molecule has 0 saturated carbocycles. The summed E-state index contributed by atoms with van der Waals surface area (Å²) in [5, 5.41) is 3.62. The van der Waals surface area contributed by atoms with E-state index < -0.39 is 21.6 Å². The van der Waals surface area contributed by atoms with E-state index in [0.29, 0.717) is 29.5 Å². The zero-order valence-electron chi connectivity index (χ0n) is 25.5. The lowest BCUT2D eigenvalue weighted by Gasteiger charge is -2.34. The Morgan fingerprint density at radius 1 is 0.930 bits per heavy atom. The molecule has 0 aliphatic carbocycles. The van der Waals surface area contributed by atoms with E-state index in [0.717, 1.165) is 17.4 Å². The zero-order chi connectivity index (χ0) is 31.6. The van der Waals surface area contributed by atoms with E-state index in [9.17, 15) is 18.0 Å². The molecule has 8 nitrogen and oxygen atoms in total. The highest BCUT2D eigenvalue weighted by Gasteiger charge is 2.32. The van der Waals surface area contributed by atoms with E-state index in [-0.39, 0.29) is 37.7 Å². The van der Waals surface area contributed by atoms with Crippen molar-refractivity contribution in [2.75, 3.05) is 23.7 Å². The average molecular weight is 628 g/mol. The smallest absolute Gasteiger partial charge is 0.243 e. The lowest BCUT2D eigenvalue weighted by molar-refractivity contribution is -0.142. The van der Waals surface area contributed by atoms with Crippen LogP contribution < -0.4 is 14.4 Å². The highest BCUT2D eigenvalue weighted by molar-refractivity contribution is 7.92. The van der Waals surface area contributed by atoms with Crippen molar-refractivity contribution in [3.05, 3.63) is 95.0 Å². The number of hydrogen-bond acceptors (Lipinski definition) is 5. The van der Waals surface area contributed by atoms with Crippen molar-refractivity contribution in [1.82, 2.24) is 10.2 Å².